The number of hydrogen-bond donors (Lipinski definition) is 1. The molecule has 122 valence electrons. The predicted molar refractivity (Wildman–Crippen MR) is 97.9 cm³/mol. The van der Waals surface area contributed by atoms with Crippen molar-refractivity contribution < 1.29 is 4.79 Å². The second-order valence-electron chi connectivity index (χ2n) is 5.60. The van der Waals surface area contributed by atoms with Crippen molar-refractivity contribution in [2.24, 2.45) is 0 Å². The number of nitrogens with zero attached hydrogens (tertiary/aromatic N) is 1. The SMILES string of the molecule is O=C(CCCc1cccs1)N[C@@H](c1ccccc1)c1ccccn1. The summed E-state index contributed by atoms with van der Waals surface area (Å²) in [4.78, 5) is 18.1. The highest BCUT2D eigenvalue weighted by molar-refractivity contribution is 7.09. The van der Waals surface area contributed by atoms with Crippen LogP contribution in [0, 0.1) is 0 Å². The monoisotopic (exact) mass is 336 g/mol. The third-order valence-electron chi connectivity index (χ3n) is 3.83. The molecule has 24 heavy (non-hydrogen) atoms. The van der Waals surface area contributed by atoms with E-state index in [1.165, 1.54) is 4.88 Å². The lowest BCUT2D eigenvalue weighted by atomic mass is 10.0. The van der Waals surface area contributed by atoms with Crippen LogP contribution in [0.4, 0.5) is 0 Å². The highest BCUT2D eigenvalue weighted by Crippen LogP contribution is 2.20. The van der Waals surface area contributed by atoms with Crippen LogP contribution in [0.15, 0.2) is 72.2 Å². The first-order valence-electron chi connectivity index (χ1n) is 8.10. The molecule has 0 radical (unpaired) electrons. The van der Waals surface area contributed by atoms with Crippen molar-refractivity contribution in [3.05, 3.63) is 88.4 Å². The molecule has 0 saturated carbocycles. The van der Waals surface area contributed by atoms with Crippen LogP contribution < -0.4 is 5.32 Å². The fraction of sp³-hybridized carbons (Fsp3) is 0.200. The van der Waals surface area contributed by atoms with Crippen molar-refractivity contribution in [2.75, 3.05) is 0 Å². The van der Waals surface area contributed by atoms with Gasteiger partial charge >= 0.3 is 0 Å². The van der Waals surface area contributed by atoms with E-state index in [0.29, 0.717) is 6.42 Å². The molecule has 0 spiro atoms. The quantitative estimate of drug-likeness (QED) is 0.696. The number of benzene rings is 1. The fourth-order valence-electron chi connectivity index (χ4n) is 2.63. The Morgan fingerprint density at radius 2 is 1.88 bits per heavy atom. The maximum atomic E-state index is 12.4. The summed E-state index contributed by atoms with van der Waals surface area (Å²) in [6, 6.07) is 19.7. The summed E-state index contributed by atoms with van der Waals surface area (Å²) in [5.74, 6) is 0.0612. The van der Waals surface area contributed by atoms with Gasteiger partial charge < -0.3 is 5.32 Å². The lowest BCUT2D eigenvalue weighted by Crippen LogP contribution is -2.29. The molecule has 3 rings (SSSR count). The number of aryl methyl sites for hydroxylation is 1. The average Bonchev–Trinajstić information content (AvgIpc) is 3.15. The first kappa shape index (κ1) is 16.4. The zero-order valence-corrected chi connectivity index (χ0v) is 14.2. The molecule has 0 fully saturated rings. The zero-order chi connectivity index (χ0) is 16.6. The third kappa shape index (κ3) is 4.52. The molecule has 2 heterocycles. The van der Waals surface area contributed by atoms with Gasteiger partial charge in [0.1, 0.15) is 0 Å². The van der Waals surface area contributed by atoms with Gasteiger partial charge in [0, 0.05) is 17.5 Å². The Balaban J connectivity index is 1.64. The zero-order valence-electron chi connectivity index (χ0n) is 13.4. The molecule has 2 aromatic heterocycles. The van der Waals surface area contributed by atoms with Gasteiger partial charge in [-0.1, -0.05) is 42.5 Å². The fourth-order valence-corrected chi connectivity index (χ4v) is 3.38. The van der Waals surface area contributed by atoms with Crippen LogP contribution >= 0.6 is 11.3 Å². The van der Waals surface area contributed by atoms with Crippen molar-refractivity contribution >= 4 is 17.2 Å². The van der Waals surface area contributed by atoms with Crippen molar-refractivity contribution in [3.8, 4) is 0 Å². The Labute approximate surface area is 146 Å². The summed E-state index contributed by atoms with van der Waals surface area (Å²) in [6.07, 6.45) is 4.09. The minimum absolute atomic E-state index is 0.0612. The van der Waals surface area contributed by atoms with E-state index in [1.807, 2.05) is 54.6 Å². The summed E-state index contributed by atoms with van der Waals surface area (Å²) in [7, 11) is 0. The van der Waals surface area contributed by atoms with Crippen LogP contribution in [0.5, 0.6) is 0 Å². The summed E-state index contributed by atoms with van der Waals surface area (Å²) in [6.45, 7) is 0. The Morgan fingerprint density at radius 3 is 2.58 bits per heavy atom. The molecular weight excluding hydrogens is 316 g/mol. The normalized spacial score (nSPS) is 11.8. The van der Waals surface area contributed by atoms with Crippen molar-refractivity contribution in [3.63, 3.8) is 0 Å². The van der Waals surface area contributed by atoms with E-state index in [0.717, 1.165) is 24.1 Å². The second kappa shape index (κ2) is 8.41. The molecule has 0 aliphatic rings. The Kier molecular flexibility index (Phi) is 5.75. The molecule has 0 unspecified atom stereocenters. The van der Waals surface area contributed by atoms with Gasteiger partial charge in [0.2, 0.25) is 5.91 Å². The molecular formula is C20H20N2OS. The molecule has 3 nitrogen and oxygen atoms in total. The average molecular weight is 336 g/mol. The van der Waals surface area contributed by atoms with E-state index in [4.69, 9.17) is 0 Å². The molecule has 0 saturated heterocycles. The molecule has 1 atom stereocenters. The molecule has 1 aromatic carbocycles. The van der Waals surface area contributed by atoms with Crippen LogP contribution in [0.1, 0.15) is 35.0 Å². The smallest absolute Gasteiger partial charge is 0.220 e. The van der Waals surface area contributed by atoms with E-state index >= 15 is 0 Å². The van der Waals surface area contributed by atoms with E-state index in [2.05, 4.69) is 21.7 Å². The standard InChI is InChI=1S/C20H20N2OS/c23-19(13-6-10-17-11-7-15-24-17)22-20(16-8-2-1-3-9-16)18-12-4-5-14-21-18/h1-5,7-9,11-12,14-15,20H,6,10,13H2,(H,22,23)/t20-/m0/s1. The number of pyridine rings is 1. The van der Waals surface area contributed by atoms with Gasteiger partial charge in [0.25, 0.3) is 0 Å². The number of thiophene rings is 1. The van der Waals surface area contributed by atoms with Gasteiger partial charge in [0.15, 0.2) is 0 Å². The number of rotatable bonds is 7. The van der Waals surface area contributed by atoms with E-state index < -0.39 is 0 Å². The van der Waals surface area contributed by atoms with Crippen LogP contribution in [0.3, 0.4) is 0 Å². The van der Waals surface area contributed by atoms with Gasteiger partial charge in [-0.2, -0.15) is 0 Å². The van der Waals surface area contributed by atoms with E-state index in [9.17, 15) is 4.79 Å². The number of nitrogens with one attached hydrogen (secondary N) is 1. The summed E-state index contributed by atoms with van der Waals surface area (Å²) < 4.78 is 0. The van der Waals surface area contributed by atoms with Gasteiger partial charge in [-0.3, -0.25) is 9.78 Å². The number of hydrogen-bond acceptors (Lipinski definition) is 3. The maximum Gasteiger partial charge on any atom is 0.220 e. The van der Waals surface area contributed by atoms with Crippen molar-refractivity contribution in [1.29, 1.82) is 0 Å². The Hall–Kier alpha value is -2.46. The van der Waals surface area contributed by atoms with Crippen molar-refractivity contribution in [2.45, 2.75) is 25.3 Å². The minimum Gasteiger partial charge on any atom is -0.344 e. The highest BCUT2D eigenvalue weighted by atomic mass is 32.1. The molecule has 0 aliphatic carbocycles. The first-order chi connectivity index (χ1) is 11.8. The number of amides is 1. The lowest BCUT2D eigenvalue weighted by Gasteiger charge is -2.19. The summed E-state index contributed by atoms with van der Waals surface area (Å²) in [5.41, 5.74) is 1.90. The van der Waals surface area contributed by atoms with Crippen molar-refractivity contribution in [1.82, 2.24) is 10.3 Å². The van der Waals surface area contributed by atoms with Crippen LogP contribution in [0.25, 0.3) is 0 Å². The van der Waals surface area contributed by atoms with E-state index in [-0.39, 0.29) is 11.9 Å². The largest absolute Gasteiger partial charge is 0.344 e. The van der Waals surface area contributed by atoms with Gasteiger partial charge in [-0.15, -0.1) is 11.3 Å². The number of aromatic nitrogens is 1. The van der Waals surface area contributed by atoms with E-state index in [1.54, 1.807) is 17.5 Å². The Bertz CT molecular complexity index is 702. The molecule has 0 aliphatic heterocycles. The van der Waals surface area contributed by atoms with Gasteiger partial charge in [0.05, 0.1) is 11.7 Å². The number of carbonyl (C=O) groups excluding carboxylic acids is 1. The molecule has 0 bridgehead atoms. The lowest BCUT2D eigenvalue weighted by molar-refractivity contribution is -0.121. The van der Waals surface area contributed by atoms with Crippen LogP contribution in [-0.2, 0) is 11.2 Å². The minimum atomic E-state index is -0.207. The number of carbonyl (C=O) groups is 1. The van der Waals surface area contributed by atoms with Gasteiger partial charge in [-0.25, -0.2) is 0 Å². The molecule has 4 heteroatoms. The maximum absolute atomic E-state index is 12.4. The topological polar surface area (TPSA) is 42.0 Å². The molecule has 1 amide bonds. The predicted octanol–water partition coefficient (Wildman–Crippen LogP) is 4.37. The summed E-state index contributed by atoms with van der Waals surface area (Å²) >= 11 is 1.74. The second-order valence-corrected chi connectivity index (χ2v) is 6.63. The van der Waals surface area contributed by atoms with Crippen LogP contribution in [-0.4, -0.2) is 10.9 Å². The molecule has 1 N–H and O–H groups in total. The first-order valence-corrected chi connectivity index (χ1v) is 8.98. The highest BCUT2D eigenvalue weighted by Gasteiger charge is 2.17. The molecule has 3 aromatic rings. The van der Waals surface area contributed by atoms with Crippen LogP contribution in [0.2, 0.25) is 0 Å². The third-order valence-corrected chi connectivity index (χ3v) is 4.77. The summed E-state index contributed by atoms with van der Waals surface area (Å²) in [5, 5.41) is 5.20. The van der Waals surface area contributed by atoms with Gasteiger partial charge in [-0.05, 0) is 42.0 Å². The Morgan fingerprint density at radius 1 is 1.04 bits per heavy atom.